The van der Waals surface area contributed by atoms with E-state index < -0.39 is 16.0 Å². The van der Waals surface area contributed by atoms with Gasteiger partial charge in [0.15, 0.2) is 10.3 Å². The Morgan fingerprint density at radius 3 is 2.33 bits per heavy atom. The molecule has 3 N–H and O–H groups in total. The van der Waals surface area contributed by atoms with Gasteiger partial charge in [0.2, 0.25) is 5.03 Å². The third-order valence-electron chi connectivity index (χ3n) is 0.948. The van der Waals surface area contributed by atoms with Crippen LogP contribution in [0.15, 0.2) is 5.10 Å². The number of nitrogens with two attached hydrogens (primary N) is 1. The lowest BCUT2D eigenvalue weighted by atomic mass is 11.0. The van der Waals surface area contributed by atoms with Gasteiger partial charge in [0.05, 0.1) is 0 Å². The summed E-state index contributed by atoms with van der Waals surface area (Å²) in [5.74, 6) is -0.614. The predicted molar refractivity (Wildman–Crippen MR) is 32.4 cm³/mol. The Morgan fingerprint density at radius 1 is 1.42 bits per heavy atom. The molecule has 0 aromatic heterocycles. The van der Waals surface area contributed by atoms with Crippen molar-refractivity contribution in [3.63, 3.8) is 0 Å². The summed E-state index contributed by atoms with van der Waals surface area (Å²) < 4.78 is 0. The van der Waals surface area contributed by atoms with Crippen molar-refractivity contribution in [2.75, 3.05) is 0 Å². The highest BCUT2D eigenvalue weighted by Gasteiger charge is 2.41. The first-order chi connectivity index (χ1) is 5.54. The molecule has 0 saturated carbocycles. The number of hydrogen-bond acceptors (Lipinski definition) is 7. The van der Waals surface area contributed by atoms with E-state index in [0.29, 0.717) is 0 Å². The molecule has 1 aliphatic heterocycles. The number of nitrogens with one attached hydrogen (secondary N) is 1. The summed E-state index contributed by atoms with van der Waals surface area (Å²) in [7, 11) is 0. The van der Waals surface area contributed by atoms with E-state index >= 15 is 0 Å². The Bertz CT molecular complexity index is 258. The van der Waals surface area contributed by atoms with Crippen LogP contribution in [-0.2, 0) is 0 Å². The summed E-state index contributed by atoms with van der Waals surface area (Å²) in [5, 5.41) is 21.0. The lowest BCUT2D eigenvalue weighted by Crippen LogP contribution is -2.53. The second-order valence-corrected chi connectivity index (χ2v) is 1.62. The second kappa shape index (κ2) is 2.37. The largest absolute Gasteiger partial charge is 0.361 e. The molecule has 0 aromatic carbocycles. The molecule has 0 saturated heterocycles. The van der Waals surface area contributed by atoms with Crippen LogP contribution in [0.4, 0.5) is 0 Å². The Kier molecular flexibility index (Phi) is 1.54. The third-order valence-corrected chi connectivity index (χ3v) is 0.948. The molecule has 0 spiro atoms. The molecule has 1 aliphatic rings. The van der Waals surface area contributed by atoms with E-state index in [0.717, 1.165) is 0 Å². The van der Waals surface area contributed by atoms with Crippen molar-refractivity contribution in [2.45, 2.75) is 0 Å². The summed E-state index contributed by atoms with van der Waals surface area (Å²) >= 11 is 0. The maximum absolute atomic E-state index is 10.1. The van der Waals surface area contributed by atoms with Crippen molar-refractivity contribution in [3.8, 4) is 0 Å². The minimum atomic E-state index is -1.08. The first-order valence-electron chi connectivity index (χ1n) is 2.51. The van der Waals surface area contributed by atoms with Crippen molar-refractivity contribution in [1.29, 1.82) is 0 Å². The van der Waals surface area contributed by atoms with Crippen molar-refractivity contribution >= 4 is 5.96 Å². The van der Waals surface area contributed by atoms with Crippen molar-refractivity contribution in [1.82, 2.24) is 15.9 Å². The van der Waals surface area contributed by atoms with E-state index in [2.05, 4.69) is 5.10 Å². The van der Waals surface area contributed by atoms with Gasteiger partial charge in [0.1, 0.15) is 5.12 Å². The molecular weight excluding hydrogens is 174 g/mol. The quantitative estimate of drug-likeness (QED) is 0.352. The summed E-state index contributed by atoms with van der Waals surface area (Å²) in [4.78, 5) is 20.2. The van der Waals surface area contributed by atoms with Gasteiger partial charge in [-0.25, -0.2) is 20.2 Å². The third kappa shape index (κ3) is 0.979. The van der Waals surface area contributed by atoms with Crippen LogP contribution in [0.2, 0.25) is 0 Å². The number of hydrazone groups is 1. The number of nitrogens with zero attached hydrogens (tertiary/aromatic N) is 5. The van der Waals surface area contributed by atoms with Gasteiger partial charge in [-0.3, -0.25) is 0 Å². The van der Waals surface area contributed by atoms with Gasteiger partial charge in [-0.05, 0) is 0 Å². The van der Waals surface area contributed by atoms with Crippen LogP contribution in [-0.4, -0.2) is 26.4 Å². The van der Waals surface area contributed by atoms with Crippen molar-refractivity contribution < 1.29 is 10.1 Å². The minimum Gasteiger partial charge on any atom is -0.361 e. The normalized spacial score (nSPS) is 15.5. The fourth-order valence-electron chi connectivity index (χ4n) is 0.539. The monoisotopic (exact) mass is 177 g/mol. The summed E-state index contributed by atoms with van der Waals surface area (Å²) in [6.45, 7) is 0. The number of nitro groups is 2. The van der Waals surface area contributed by atoms with Crippen LogP contribution in [0.25, 0.3) is 0 Å². The zero-order valence-corrected chi connectivity index (χ0v) is 5.45. The molecule has 0 aliphatic carbocycles. The maximum Gasteiger partial charge on any atom is 0.312 e. The molecule has 0 aromatic rings. The average molecular weight is 177 g/mol. The van der Waals surface area contributed by atoms with Gasteiger partial charge < -0.3 is 5.73 Å². The van der Waals surface area contributed by atoms with E-state index in [4.69, 9.17) is 5.73 Å². The van der Waals surface area contributed by atoms with Crippen LogP contribution in [0.5, 0.6) is 0 Å². The van der Waals surface area contributed by atoms with Gasteiger partial charge in [0.25, 0.3) is 0 Å². The van der Waals surface area contributed by atoms with Gasteiger partial charge in [-0.1, -0.05) is 0 Å². The SMILES string of the molecule is NC1=NNN([N+](=O)[O-])N1[N+](=O)[O-]. The summed E-state index contributed by atoms with van der Waals surface area (Å²) in [6.07, 6.45) is 0. The molecule has 11 nitrogen and oxygen atoms in total. The van der Waals surface area contributed by atoms with E-state index in [1.165, 1.54) is 0 Å². The van der Waals surface area contributed by atoms with Gasteiger partial charge in [0, 0.05) is 0 Å². The van der Waals surface area contributed by atoms with Crippen molar-refractivity contribution in [3.05, 3.63) is 20.2 Å². The van der Waals surface area contributed by atoms with Gasteiger partial charge in [-0.2, -0.15) is 0 Å². The summed E-state index contributed by atoms with van der Waals surface area (Å²) in [5.41, 5.74) is 6.65. The van der Waals surface area contributed by atoms with E-state index in [-0.39, 0.29) is 10.3 Å². The van der Waals surface area contributed by atoms with Crippen LogP contribution in [0.3, 0.4) is 0 Å². The fraction of sp³-hybridized carbons (Fsp3) is 0. The highest BCUT2D eigenvalue weighted by molar-refractivity contribution is 5.76. The molecule has 11 heteroatoms. The minimum absolute atomic E-state index is 0.0417. The predicted octanol–water partition coefficient (Wildman–Crippen LogP) is -2.36. The van der Waals surface area contributed by atoms with Crippen LogP contribution < -0.4 is 11.3 Å². The zero-order valence-electron chi connectivity index (χ0n) is 5.45. The lowest BCUT2D eigenvalue weighted by molar-refractivity contribution is -0.818. The van der Waals surface area contributed by atoms with Crippen LogP contribution in [0, 0.1) is 20.2 Å². The topological polar surface area (TPSA) is 143 Å². The molecule has 1 heterocycles. The zero-order chi connectivity index (χ0) is 9.30. The fourth-order valence-corrected chi connectivity index (χ4v) is 0.539. The number of hydrazine groups is 4. The van der Waals surface area contributed by atoms with E-state index in [1.807, 2.05) is 0 Å². The molecule has 0 amide bonds. The molecule has 0 unspecified atom stereocenters. The Morgan fingerprint density at radius 2 is 2.00 bits per heavy atom. The molecular formula is CH3N7O4. The molecule has 1 rings (SSSR count). The molecule has 0 fully saturated rings. The van der Waals surface area contributed by atoms with E-state index in [1.54, 1.807) is 5.53 Å². The van der Waals surface area contributed by atoms with Crippen molar-refractivity contribution in [2.24, 2.45) is 10.8 Å². The average Bonchev–Trinajstić information content (AvgIpc) is 2.30. The van der Waals surface area contributed by atoms with Crippen LogP contribution >= 0.6 is 0 Å². The van der Waals surface area contributed by atoms with E-state index in [9.17, 15) is 20.2 Å². The molecule has 12 heavy (non-hydrogen) atoms. The molecule has 0 bridgehead atoms. The highest BCUT2D eigenvalue weighted by Crippen LogP contribution is 2.00. The number of rotatable bonds is 2. The highest BCUT2D eigenvalue weighted by atomic mass is 16.8. The van der Waals surface area contributed by atoms with Gasteiger partial charge in [-0.15, -0.1) is 10.6 Å². The summed E-state index contributed by atoms with van der Waals surface area (Å²) in [6, 6.07) is 0. The first-order valence-corrected chi connectivity index (χ1v) is 2.51. The number of guanidine groups is 1. The smallest absolute Gasteiger partial charge is 0.312 e. The molecule has 66 valence electrons. The maximum atomic E-state index is 10.1. The lowest BCUT2D eigenvalue weighted by Gasteiger charge is -2.08. The molecule has 0 radical (unpaired) electrons. The Hall–Kier alpha value is -2.33. The Labute approximate surface area is 64.2 Å². The van der Waals surface area contributed by atoms with Gasteiger partial charge >= 0.3 is 5.96 Å². The second-order valence-electron chi connectivity index (χ2n) is 1.62. The molecule has 0 atom stereocenters. The first kappa shape index (κ1) is 7.77. The standard InChI is InChI=1S/CH3N7O4/c2-1-3-4-6(8(11)12)5(1)7(9)10/h4H,(H2,2,3). The Balaban J connectivity index is 2.84. The van der Waals surface area contributed by atoms with Crippen LogP contribution in [0.1, 0.15) is 0 Å². The number of hydrogen-bond donors (Lipinski definition) is 2.